The third kappa shape index (κ3) is 3.93. The molecule has 0 aliphatic carbocycles. The quantitative estimate of drug-likeness (QED) is 0.497. The van der Waals surface area contributed by atoms with Gasteiger partial charge in [0.25, 0.3) is 11.8 Å². The molecule has 1 atom stereocenters. The van der Waals surface area contributed by atoms with Gasteiger partial charge in [-0.3, -0.25) is 29.2 Å². The third-order valence-electron chi connectivity index (χ3n) is 5.95. The lowest BCUT2D eigenvalue weighted by Gasteiger charge is -2.29. The first-order valence-corrected chi connectivity index (χ1v) is 10.9. The second-order valence-electron chi connectivity index (χ2n) is 8.14. The van der Waals surface area contributed by atoms with Crippen LogP contribution in [-0.4, -0.2) is 59.3 Å². The Labute approximate surface area is 193 Å². The maximum atomic E-state index is 13.0. The van der Waals surface area contributed by atoms with Crippen LogP contribution in [0.3, 0.4) is 0 Å². The van der Waals surface area contributed by atoms with Gasteiger partial charge in [-0.1, -0.05) is 11.3 Å². The van der Waals surface area contributed by atoms with Crippen molar-refractivity contribution in [3.05, 3.63) is 59.2 Å². The lowest BCUT2D eigenvalue weighted by molar-refractivity contribution is -0.136. The van der Waals surface area contributed by atoms with E-state index in [1.165, 1.54) is 15.8 Å². The number of rotatable bonds is 6. The summed E-state index contributed by atoms with van der Waals surface area (Å²) in [5.74, 6) is -1.45. The molecule has 2 aliphatic rings. The lowest BCUT2D eigenvalue weighted by Crippen LogP contribution is -2.52. The van der Waals surface area contributed by atoms with E-state index in [1.807, 2.05) is 19.2 Å². The van der Waals surface area contributed by atoms with Gasteiger partial charge in [-0.15, -0.1) is 5.10 Å². The smallest absolute Gasteiger partial charge is 0.273 e. The summed E-state index contributed by atoms with van der Waals surface area (Å²) in [4.78, 5) is 50.6. The Hall–Kier alpha value is -4.35. The van der Waals surface area contributed by atoms with E-state index in [9.17, 15) is 19.2 Å². The molecule has 2 aliphatic heterocycles. The van der Waals surface area contributed by atoms with Gasteiger partial charge in [-0.2, -0.15) is 5.10 Å². The zero-order valence-corrected chi connectivity index (χ0v) is 18.4. The summed E-state index contributed by atoms with van der Waals surface area (Å²) in [5.41, 5.74) is 2.66. The SMILES string of the molecule is CCn1ccc(CNC(=O)c2cn(-c3ccc4c(c3)C(=O)N(C3CCC(=O)NC3=O)C4)nn2)n1. The summed E-state index contributed by atoms with van der Waals surface area (Å²) in [7, 11) is 0. The van der Waals surface area contributed by atoms with Crippen molar-refractivity contribution in [1.82, 2.24) is 40.3 Å². The zero-order chi connectivity index (χ0) is 23.8. The number of aromatic nitrogens is 5. The highest BCUT2D eigenvalue weighted by Gasteiger charge is 2.39. The van der Waals surface area contributed by atoms with Crippen LogP contribution in [0.15, 0.2) is 36.7 Å². The molecule has 2 N–H and O–H groups in total. The summed E-state index contributed by atoms with van der Waals surface area (Å²) < 4.78 is 3.19. The normalized spacial score (nSPS) is 17.6. The first-order chi connectivity index (χ1) is 16.4. The molecule has 0 radical (unpaired) electrons. The van der Waals surface area contributed by atoms with Crippen molar-refractivity contribution in [2.75, 3.05) is 0 Å². The molecule has 12 heteroatoms. The first kappa shape index (κ1) is 21.5. The molecule has 0 spiro atoms. The van der Waals surface area contributed by atoms with E-state index in [0.29, 0.717) is 24.2 Å². The Morgan fingerprint density at radius 2 is 2.09 bits per heavy atom. The average Bonchev–Trinajstić information content (AvgIpc) is 3.57. The summed E-state index contributed by atoms with van der Waals surface area (Å²) in [6, 6.07) is 6.39. The minimum Gasteiger partial charge on any atom is -0.345 e. The van der Waals surface area contributed by atoms with Crippen molar-refractivity contribution in [2.45, 2.75) is 45.4 Å². The Balaban J connectivity index is 1.28. The number of carbonyl (C=O) groups is 4. The first-order valence-electron chi connectivity index (χ1n) is 10.9. The summed E-state index contributed by atoms with van der Waals surface area (Å²) in [6.45, 7) is 3.28. The minimum atomic E-state index is -0.675. The molecule has 1 fully saturated rings. The summed E-state index contributed by atoms with van der Waals surface area (Å²) in [5, 5.41) is 17.3. The molecule has 2 aromatic heterocycles. The number of nitrogens with one attached hydrogen (secondary N) is 2. The van der Waals surface area contributed by atoms with Crippen LogP contribution in [0.4, 0.5) is 0 Å². The number of imide groups is 1. The second-order valence-corrected chi connectivity index (χ2v) is 8.14. The predicted octanol–water partition coefficient (Wildman–Crippen LogP) is 0.175. The van der Waals surface area contributed by atoms with E-state index in [-0.39, 0.29) is 30.5 Å². The van der Waals surface area contributed by atoms with Crippen molar-refractivity contribution in [2.24, 2.45) is 0 Å². The van der Waals surface area contributed by atoms with E-state index < -0.39 is 17.9 Å². The molecular weight excluding hydrogens is 440 g/mol. The Morgan fingerprint density at radius 1 is 1.24 bits per heavy atom. The highest BCUT2D eigenvalue weighted by atomic mass is 16.2. The fourth-order valence-electron chi connectivity index (χ4n) is 4.11. The van der Waals surface area contributed by atoms with Crippen LogP contribution < -0.4 is 10.6 Å². The van der Waals surface area contributed by atoms with Crippen molar-refractivity contribution in [3.63, 3.8) is 0 Å². The molecule has 5 rings (SSSR count). The number of hydrogen-bond donors (Lipinski definition) is 2. The number of piperidine rings is 1. The second kappa shape index (κ2) is 8.54. The van der Waals surface area contributed by atoms with Crippen LogP contribution >= 0.6 is 0 Å². The zero-order valence-electron chi connectivity index (χ0n) is 18.4. The van der Waals surface area contributed by atoms with Crippen LogP contribution in [0.25, 0.3) is 5.69 Å². The van der Waals surface area contributed by atoms with E-state index >= 15 is 0 Å². The monoisotopic (exact) mass is 462 g/mol. The summed E-state index contributed by atoms with van der Waals surface area (Å²) >= 11 is 0. The van der Waals surface area contributed by atoms with Crippen LogP contribution in [0.2, 0.25) is 0 Å². The van der Waals surface area contributed by atoms with Crippen molar-refractivity contribution < 1.29 is 19.2 Å². The minimum absolute atomic E-state index is 0.131. The van der Waals surface area contributed by atoms with E-state index in [0.717, 1.165) is 17.8 Å². The number of amides is 4. The number of benzene rings is 1. The van der Waals surface area contributed by atoms with Crippen molar-refractivity contribution in [3.8, 4) is 5.69 Å². The largest absolute Gasteiger partial charge is 0.345 e. The highest BCUT2D eigenvalue weighted by molar-refractivity contribution is 6.05. The molecule has 3 aromatic rings. The summed E-state index contributed by atoms with van der Waals surface area (Å²) in [6.07, 6.45) is 3.83. The van der Waals surface area contributed by atoms with Gasteiger partial charge < -0.3 is 10.2 Å². The molecule has 4 heterocycles. The number of hydrogen-bond acceptors (Lipinski definition) is 7. The van der Waals surface area contributed by atoms with Crippen molar-refractivity contribution >= 4 is 23.6 Å². The molecule has 0 bridgehead atoms. The number of fused-ring (bicyclic) bond motifs is 1. The molecular formula is C22H22N8O4. The number of nitrogens with zero attached hydrogens (tertiary/aromatic N) is 6. The van der Waals surface area contributed by atoms with E-state index in [2.05, 4.69) is 26.0 Å². The van der Waals surface area contributed by atoms with Gasteiger partial charge >= 0.3 is 0 Å². The van der Waals surface area contributed by atoms with E-state index in [1.54, 1.807) is 22.9 Å². The van der Waals surface area contributed by atoms with Gasteiger partial charge in [0.2, 0.25) is 11.8 Å². The standard InChI is InChI=1S/C22H22N8O4/c1-2-28-8-7-14(26-28)10-23-20(32)17-12-30(27-25-17)15-4-3-13-11-29(22(34)16(13)9-15)18-5-6-19(31)24-21(18)33/h3-4,7-9,12,18H,2,5-6,10-11H2,1H3,(H,23,32)(H,24,31,33). The molecule has 1 saturated heterocycles. The average molecular weight is 462 g/mol. The molecule has 1 aromatic carbocycles. The highest BCUT2D eigenvalue weighted by Crippen LogP contribution is 2.29. The molecule has 174 valence electrons. The van der Waals surface area contributed by atoms with Crippen LogP contribution in [0.1, 0.15) is 51.9 Å². The third-order valence-corrected chi connectivity index (χ3v) is 5.95. The van der Waals surface area contributed by atoms with Gasteiger partial charge in [0.1, 0.15) is 6.04 Å². The van der Waals surface area contributed by atoms with Gasteiger partial charge in [0.05, 0.1) is 24.1 Å². The van der Waals surface area contributed by atoms with Gasteiger partial charge in [0, 0.05) is 31.3 Å². The fraction of sp³-hybridized carbons (Fsp3) is 0.318. The van der Waals surface area contributed by atoms with Crippen LogP contribution in [-0.2, 0) is 29.2 Å². The van der Waals surface area contributed by atoms with Crippen LogP contribution in [0.5, 0.6) is 0 Å². The Bertz CT molecular complexity index is 1310. The van der Waals surface area contributed by atoms with E-state index in [4.69, 9.17) is 0 Å². The van der Waals surface area contributed by atoms with Gasteiger partial charge in [-0.05, 0) is 37.1 Å². The fourth-order valence-corrected chi connectivity index (χ4v) is 4.11. The van der Waals surface area contributed by atoms with Crippen molar-refractivity contribution in [1.29, 1.82) is 0 Å². The lowest BCUT2D eigenvalue weighted by atomic mass is 10.0. The van der Waals surface area contributed by atoms with Crippen LogP contribution in [0, 0.1) is 0 Å². The maximum Gasteiger partial charge on any atom is 0.273 e. The number of aryl methyl sites for hydroxylation is 1. The molecule has 1 unspecified atom stereocenters. The predicted molar refractivity (Wildman–Crippen MR) is 116 cm³/mol. The topological polar surface area (TPSA) is 144 Å². The maximum absolute atomic E-state index is 13.0. The molecule has 12 nitrogen and oxygen atoms in total. The Kier molecular flexibility index (Phi) is 5.40. The molecule has 4 amide bonds. The van der Waals surface area contributed by atoms with Gasteiger partial charge in [0.15, 0.2) is 5.69 Å². The number of carbonyl (C=O) groups excluding carboxylic acids is 4. The Morgan fingerprint density at radius 3 is 2.85 bits per heavy atom. The van der Waals surface area contributed by atoms with Gasteiger partial charge in [-0.25, -0.2) is 4.68 Å². The molecule has 34 heavy (non-hydrogen) atoms. The molecule has 0 saturated carbocycles.